The molecule has 0 radical (unpaired) electrons. The molecule has 130 valence electrons. The number of rotatable bonds is 6. The number of ether oxygens (including phenoxy) is 1. The number of aryl methyl sites for hydroxylation is 2. The lowest BCUT2D eigenvalue weighted by atomic mass is 9.97. The largest absolute Gasteiger partial charge is 0.374 e. The average molecular weight is 329 g/mol. The van der Waals surface area contributed by atoms with Crippen LogP contribution in [-0.4, -0.2) is 42.4 Å². The van der Waals surface area contributed by atoms with E-state index in [-0.39, 0.29) is 6.10 Å². The van der Waals surface area contributed by atoms with Crippen LogP contribution in [0.1, 0.15) is 35.5 Å². The van der Waals surface area contributed by atoms with E-state index >= 15 is 0 Å². The number of nitrogens with zero attached hydrogens (tertiary/aromatic N) is 2. The monoisotopic (exact) mass is 329 g/mol. The summed E-state index contributed by atoms with van der Waals surface area (Å²) in [5, 5.41) is 7.55. The Kier molecular flexibility index (Phi) is 5.66. The minimum absolute atomic E-state index is 0.140. The Morgan fingerprint density at radius 2 is 2.04 bits per heavy atom. The summed E-state index contributed by atoms with van der Waals surface area (Å²) >= 11 is 0. The number of hydrogen-bond acceptors (Lipinski definition) is 5. The lowest BCUT2D eigenvalue weighted by Crippen LogP contribution is -2.48. The third kappa shape index (κ3) is 3.69. The molecular formula is C19H27N3O2. The van der Waals surface area contributed by atoms with Gasteiger partial charge >= 0.3 is 0 Å². The molecular weight excluding hydrogens is 302 g/mol. The Balaban J connectivity index is 1.68. The summed E-state index contributed by atoms with van der Waals surface area (Å²) in [4.78, 5) is 2.50. The second-order valence-corrected chi connectivity index (χ2v) is 6.33. The Labute approximate surface area is 144 Å². The second kappa shape index (κ2) is 7.92. The third-order valence-electron chi connectivity index (χ3n) is 4.83. The number of aromatic nitrogens is 1. The van der Waals surface area contributed by atoms with Crippen LogP contribution in [0.15, 0.2) is 34.9 Å². The van der Waals surface area contributed by atoms with Crippen molar-refractivity contribution in [1.82, 2.24) is 15.4 Å². The van der Waals surface area contributed by atoms with Gasteiger partial charge in [-0.15, -0.1) is 0 Å². The maximum Gasteiger partial charge on any atom is 0.138 e. The maximum absolute atomic E-state index is 6.11. The van der Waals surface area contributed by atoms with Crippen LogP contribution in [0.4, 0.5) is 0 Å². The molecule has 0 saturated carbocycles. The summed E-state index contributed by atoms with van der Waals surface area (Å²) < 4.78 is 11.3. The predicted molar refractivity (Wildman–Crippen MR) is 93.9 cm³/mol. The van der Waals surface area contributed by atoms with Crippen molar-refractivity contribution in [3.05, 3.63) is 52.9 Å². The highest BCUT2D eigenvalue weighted by atomic mass is 16.5. The first-order chi connectivity index (χ1) is 11.7. The Morgan fingerprint density at radius 3 is 2.71 bits per heavy atom. The van der Waals surface area contributed by atoms with Crippen LogP contribution in [0.2, 0.25) is 0 Å². The van der Waals surface area contributed by atoms with Crippen LogP contribution in [0.25, 0.3) is 0 Å². The highest BCUT2D eigenvalue weighted by Gasteiger charge is 2.32. The lowest BCUT2D eigenvalue weighted by molar-refractivity contribution is -0.0694. The Bertz CT molecular complexity index is 622. The Morgan fingerprint density at radius 1 is 1.25 bits per heavy atom. The first-order valence-corrected chi connectivity index (χ1v) is 8.73. The van der Waals surface area contributed by atoms with Crippen molar-refractivity contribution < 1.29 is 9.26 Å². The fourth-order valence-corrected chi connectivity index (χ4v) is 3.48. The molecule has 2 heterocycles. The van der Waals surface area contributed by atoms with E-state index in [0.717, 1.165) is 49.8 Å². The highest BCUT2D eigenvalue weighted by molar-refractivity contribution is 5.22. The van der Waals surface area contributed by atoms with E-state index in [9.17, 15) is 0 Å². The van der Waals surface area contributed by atoms with E-state index in [0.29, 0.717) is 6.04 Å². The first kappa shape index (κ1) is 17.1. The highest BCUT2D eigenvalue weighted by Crippen LogP contribution is 2.29. The van der Waals surface area contributed by atoms with E-state index in [1.54, 1.807) is 0 Å². The van der Waals surface area contributed by atoms with Gasteiger partial charge in [0.25, 0.3) is 0 Å². The SMILES string of the molecule is CCN1CCO[C@@H](CNCc2c(C)noc2C)[C@@H]1c1ccccc1. The summed E-state index contributed by atoms with van der Waals surface area (Å²) in [6, 6.07) is 11.0. The number of nitrogens with one attached hydrogen (secondary N) is 1. The van der Waals surface area contributed by atoms with Gasteiger partial charge in [-0.2, -0.15) is 0 Å². The van der Waals surface area contributed by atoms with Crippen molar-refractivity contribution in [3.63, 3.8) is 0 Å². The van der Waals surface area contributed by atoms with Crippen molar-refractivity contribution >= 4 is 0 Å². The molecule has 5 nitrogen and oxygen atoms in total. The summed E-state index contributed by atoms with van der Waals surface area (Å²) in [5.41, 5.74) is 3.43. The molecule has 0 aliphatic carbocycles. The average Bonchev–Trinajstić information content (AvgIpc) is 2.94. The lowest BCUT2D eigenvalue weighted by Gasteiger charge is -2.41. The quantitative estimate of drug-likeness (QED) is 0.883. The fraction of sp³-hybridized carbons (Fsp3) is 0.526. The van der Waals surface area contributed by atoms with E-state index in [1.807, 2.05) is 13.8 Å². The van der Waals surface area contributed by atoms with Crippen LogP contribution in [0, 0.1) is 13.8 Å². The van der Waals surface area contributed by atoms with Crippen LogP contribution < -0.4 is 5.32 Å². The molecule has 1 aliphatic heterocycles. The van der Waals surface area contributed by atoms with Gasteiger partial charge in [-0.3, -0.25) is 4.90 Å². The summed E-state index contributed by atoms with van der Waals surface area (Å²) in [7, 11) is 0. The van der Waals surface area contributed by atoms with Gasteiger partial charge in [-0.25, -0.2) is 0 Å². The third-order valence-corrected chi connectivity index (χ3v) is 4.83. The van der Waals surface area contributed by atoms with Crippen LogP contribution in [0.5, 0.6) is 0 Å². The van der Waals surface area contributed by atoms with E-state index in [1.165, 1.54) is 5.56 Å². The fourth-order valence-electron chi connectivity index (χ4n) is 3.48. The molecule has 24 heavy (non-hydrogen) atoms. The van der Waals surface area contributed by atoms with Crippen molar-refractivity contribution in [1.29, 1.82) is 0 Å². The van der Waals surface area contributed by atoms with Crippen LogP contribution >= 0.6 is 0 Å². The van der Waals surface area contributed by atoms with Gasteiger partial charge in [0, 0.05) is 25.2 Å². The molecule has 2 atom stereocenters. The molecule has 1 saturated heterocycles. The molecule has 1 aromatic carbocycles. The van der Waals surface area contributed by atoms with Gasteiger partial charge < -0.3 is 14.6 Å². The summed E-state index contributed by atoms with van der Waals surface area (Å²) in [6.07, 6.45) is 0.140. The van der Waals surface area contributed by atoms with Crippen molar-refractivity contribution in [2.45, 2.75) is 39.5 Å². The second-order valence-electron chi connectivity index (χ2n) is 6.33. The number of hydrogen-bond donors (Lipinski definition) is 1. The number of morpholine rings is 1. The van der Waals surface area contributed by atoms with Crippen molar-refractivity contribution in [2.75, 3.05) is 26.2 Å². The standard InChI is InChI=1S/C19H27N3O2/c1-4-22-10-11-23-18(19(22)16-8-6-5-7-9-16)13-20-12-17-14(2)21-24-15(17)3/h5-9,18-20H,4,10-13H2,1-3H3/t18-,19-/m0/s1. The Hall–Kier alpha value is -1.69. The van der Waals surface area contributed by atoms with Crippen LogP contribution in [0.3, 0.4) is 0 Å². The molecule has 2 aromatic rings. The zero-order chi connectivity index (χ0) is 16.9. The molecule has 1 aromatic heterocycles. The molecule has 0 unspecified atom stereocenters. The van der Waals surface area contributed by atoms with Gasteiger partial charge in [0.05, 0.1) is 24.4 Å². The molecule has 3 rings (SSSR count). The van der Waals surface area contributed by atoms with E-state index < -0.39 is 0 Å². The predicted octanol–water partition coefficient (Wildman–Crippen LogP) is 2.84. The van der Waals surface area contributed by atoms with Crippen molar-refractivity contribution in [3.8, 4) is 0 Å². The molecule has 1 aliphatic rings. The number of benzene rings is 1. The van der Waals surface area contributed by atoms with E-state index in [4.69, 9.17) is 9.26 Å². The van der Waals surface area contributed by atoms with Crippen LogP contribution in [-0.2, 0) is 11.3 Å². The summed E-state index contributed by atoms with van der Waals surface area (Å²) in [6.45, 7) is 10.5. The van der Waals surface area contributed by atoms with Gasteiger partial charge in [-0.05, 0) is 26.0 Å². The van der Waals surface area contributed by atoms with Gasteiger partial charge in [0.2, 0.25) is 0 Å². The molecule has 0 amide bonds. The molecule has 0 spiro atoms. The molecule has 0 bridgehead atoms. The van der Waals surface area contributed by atoms with E-state index in [2.05, 4.69) is 52.6 Å². The summed E-state index contributed by atoms with van der Waals surface area (Å²) in [5.74, 6) is 0.888. The topological polar surface area (TPSA) is 50.5 Å². The number of likely N-dealkylation sites (N-methyl/N-ethyl adjacent to an activating group) is 1. The van der Waals surface area contributed by atoms with Gasteiger partial charge in [-0.1, -0.05) is 42.4 Å². The minimum atomic E-state index is 0.140. The van der Waals surface area contributed by atoms with Crippen molar-refractivity contribution in [2.24, 2.45) is 0 Å². The first-order valence-electron chi connectivity index (χ1n) is 8.73. The zero-order valence-electron chi connectivity index (χ0n) is 14.8. The maximum atomic E-state index is 6.11. The molecule has 1 N–H and O–H groups in total. The normalized spacial score (nSPS) is 22.0. The zero-order valence-corrected chi connectivity index (χ0v) is 14.8. The molecule has 5 heteroatoms. The minimum Gasteiger partial charge on any atom is -0.374 e. The molecule has 1 fully saturated rings. The van der Waals surface area contributed by atoms with Gasteiger partial charge in [0.15, 0.2) is 0 Å². The van der Waals surface area contributed by atoms with Gasteiger partial charge in [0.1, 0.15) is 5.76 Å². The smallest absolute Gasteiger partial charge is 0.138 e.